The van der Waals surface area contributed by atoms with Crippen molar-refractivity contribution in [2.75, 3.05) is 13.2 Å². The lowest BCUT2D eigenvalue weighted by atomic mass is 9.66. The predicted octanol–water partition coefficient (Wildman–Crippen LogP) is 3.24. The van der Waals surface area contributed by atoms with Gasteiger partial charge in [-0.15, -0.1) is 0 Å². The second-order valence-corrected chi connectivity index (χ2v) is 7.17. The van der Waals surface area contributed by atoms with Crippen molar-refractivity contribution in [3.05, 3.63) is 0 Å². The molecule has 2 aliphatic rings. The first-order chi connectivity index (χ1) is 7.97. The van der Waals surface area contributed by atoms with Gasteiger partial charge in [0.15, 0.2) is 0 Å². The van der Waals surface area contributed by atoms with Crippen LogP contribution in [0.2, 0.25) is 0 Å². The second kappa shape index (κ2) is 5.27. The van der Waals surface area contributed by atoms with Gasteiger partial charge < -0.3 is 9.84 Å². The monoisotopic (exact) mass is 240 g/mol. The first-order valence-corrected chi connectivity index (χ1v) is 7.22. The third-order valence-corrected chi connectivity index (χ3v) is 4.83. The van der Waals surface area contributed by atoms with E-state index >= 15 is 0 Å². The molecule has 1 heterocycles. The molecule has 0 amide bonds. The van der Waals surface area contributed by atoms with Crippen molar-refractivity contribution in [2.45, 2.75) is 59.0 Å². The average Bonchev–Trinajstić information content (AvgIpc) is 2.72. The van der Waals surface area contributed by atoms with Gasteiger partial charge in [-0.05, 0) is 55.3 Å². The summed E-state index contributed by atoms with van der Waals surface area (Å²) in [6, 6.07) is 0. The molecule has 0 aromatic heterocycles. The summed E-state index contributed by atoms with van der Waals surface area (Å²) >= 11 is 0. The van der Waals surface area contributed by atoms with Crippen LogP contribution in [0.5, 0.6) is 0 Å². The minimum absolute atomic E-state index is 0.0609. The second-order valence-electron chi connectivity index (χ2n) is 7.17. The molecule has 0 aromatic carbocycles. The Kier molecular flexibility index (Phi) is 4.14. The van der Waals surface area contributed by atoms with Crippen molar-refractivity contribution in [1.29, 1.82) is 0 Å². The van der Waals surface area contributed by atoms with Gasteiger partial charge >= 0.3 is 0 Å². The largest absolute Gasteiger partial charge is 0.393 e. The zero-order valence-corrected chi connectivity index (χ0v) is 11.6. The molecule has 0 radical (unpaired) electrons. The van der Waals surface area contributed by atoms with Gasteiger partial charge in [-0.2, -0.15) is 0 Å². The summed E-state index contributed by atoms with van der Waals surface area (Å²) in [6.07, 6.45) is 5.72. The molecule has 2 heteroatoms. The first-order valence-electron chi connectivity index (χ1n) is 7.22. The standard InChI is InChI=1S/C15H28O2/c1-15(2,3)13-4-5-14(16)12(9-13)8-11-6-7-17-10-11/h11-14,16H,4-10H2,1-3H3. The number of hydrogen-bond acceptors (Lipinski definition) is 2. The van der Waals surface area contributed by atoms with Crippen LogP contribution in [-0.2, 0) is 4.74 Å². The molecule has 2 rings (SSSR count). The molecule has 4 unspecified atom stereocenters. The Hall–Kier alpha value is -0.0800. The Morgan fingerprint density at radius 3 is 2.53 bits per heavy atom. The van der Waals surface area contributed by atoms with Gasteiger partial charge in [0.05, 0.1) is 6.10 Å². The smallest absolute Gasteiger partial charge is 0.0568 e. The van der Waals surface area contributed by atoms with E-state index in [1.807, 2.05) is 0 Å². The predicted molar refractivity (Wildman–Crippen MR) is 69.8 cm³/mol. The zero-order valence-electron chi connectivity index (χ0n) is 11.6. The van der Waals surface area contributed by atoms with Crippen LogP contribution in [-0.4, -0.2) is 24.4 Å². The average molecular weight is 240 g/mol. The van der Waals surface area contributed by atoms with Crippen LogP contribution in [0.4, 0.5) is 0 Å². The van der Waals surface area contributed by atoms with Crippen molar-refractivity contribution in [3.63, 3.8) is 0 Å². The normalized spacial score (nSPS) is 39.5. The van der Waals surface area contributed by atoms with E-state index in [0.717, 1.165) is 25.6 Å². The Morgan fingerprint density at radius 1 is 1.18 bits per heavy atom. The first kappa shape index (κ1) is 13.4. The molecule has 17 heavy (non-hydrogen) atoms. The molecule has 1 aliphatic carbocycles. The lowest BCUT2D eigenvalue weighted by Gasteiger charge is -2.40. The fraction of sp³-hybridized carbons (Fsp3) is 1.00. The van der Waals surface area contributed by atoms with Gasteiger partial charge in [0.2, 0.25) is 0 Å². The quantitative estimate of drug-likeness (QED) is 0.803. The molecular weight excluding hydrogens is 212 g/mol. The molecule has 2 nitrogen and oxygen atoms in total. The number of aliphatic hydroxyl groups excluding tert-OH is 1. The van der Waals surface area contributed by atoms with Crippen LogP contribution < -0.4 is 0 Å². The van der Waals surface area contributed by atoms with Gasteiger partial charge in [0.1, 0.15) is 0 Å². The lowest BCUT2D eigenvalue weighted by molar-refractivity contribution is 0.00815. The van der Waals surface area contributed by atoms with Gasteiger partial charge in [0.25, 0.3) is 0 Å². The van der Waals surface area contributed by atoms with Crippen LogP contribution in [0.3, 0.4) is 0 Å². The summed E-state index contributed by atoms with van der Waals surface area (Å²) < 4.78 is 5.45. The molecule has 100 valence electrons. The molecule has 4 atom stereocenters. The fourth-order valence-corrected chi connectivity index (χ4v) is 3.49. The minimum Gasteiger partial charge on any atom is -0.393 e. The summed E-state index contributed by atoms with van der Waals surface area (Å²) in [4.78, 5) is 0. The van der Waals surface area contributed by atoms with E-state index in [1.165, 1.54) is 25.7 Å². The van der Waals surface area contributed by atoms with Crippen LogP contribution in [0, 0.1) is 23.2 Å². The Balaban J connectivity index is 1.90. The summed E-state index contributed by atoms with van der Waals surface area (Å²) in [5.74, 6) is 1.99. The number of rotatable bonds is 2. The summed E-state index contributed by atoms with van der Waals surface area (Å²) in [6.45, 7) is 8.86. The zero-order chi connectivity index (χ0) is 12.5. The van der Waals surface area contributed by atoms with Gasteiger partial charge in [-0.25, -0.2) is 0 Å². The summed E-state index contributed by atoms with van der Waals surface area (Å²) in [5, 5.41) is 10.2. The Labute approximate surface area is 106 Å². The third-order valence-electron chi connectivity index (χ3n) is 4.83. The third kappa shape index (κ3) is 3.45. The van der Waals surface area contributed by atoms with Crippen molar-refractivity contribution < 1.29 is 9.84 Å². The van der Waals surface area contributed by atoms with E-state index in [4.69, 9.17) is 4.74 Å². The maximum Gasteiger partial charge on any atom is 0.0568 e. The highest BCUT2D eigenvalue weighted by Crippen LogP contribution is 2.42. The number of hydrogen-bond donors (Lipinski definition) is 1. The topological polar surface area (TPSA) is 29.5 Å². The van der Waals surface area contributed by atoms with E-state index in [-0.39, 0.29) is 6.10 Å². The molecule has 1 N–H and O–H groups in total. The number of ether oxygens (including phenoxy) is 1. The highest BCUT2D eigenvalue weighted by molar-refractivity contribution is 4.87. The molecule has 1 aliphatic heterocycles. The molecule has 1 saturated carbocycles. The van der Waals surface area contributed by atoms with E-state index < -0.39 is 0 Å². The van der Waals surface area contributed by atoms with Crippen LogP contribution in [0.15, 0.2) is 0 Å². The summed E-state index contributed by atoms with van der Waals surface area (Å²) in [7, 11) is 0. The van der Waals surface area contributed by atoms with Crippen molar-refractivity contribution in [3.8, 4) is 0 Å². The van der Waals surface area contributed by atoms with Crippen LogP contribution in [0.1, 0.15) is 52.9 Å². The summed E-state index contributed by atoms with van der Waals surface area (Å²) in [5.41, 5.74) is 0.393. The fourth-order valence-electron chi connectivity index (χ4n) is 3.49. The molecular formula is C15H28O2. The van der Waals surface area contributed by atoms with E-state index in [9.17, 15) is 5.11 Å². The van der Waals surface area contributed by atoms with Crippen LogP contribution >= 0.6 is 0 Å². The SMILES string of the molecule is CC(C)(C)C1CCC(O)C(CC2CCOC2)C1. The maximum absolute atomic E-state index is 10.2. The van der Waals surface area contributed by atoms with E-state index in [0.29, 0.717) is 17.3 Å². The lowest BCUT2D eigenvalue weighted by Crippen LogP contribution is -2.35. The number of aliphatic hydroxyl groups is 1. The maximum atomic E-state index is 10.2. The Morgan fingerprint density at radius 2 is 1.94 bits per heavy atom. The van der Waals surface area contributed by atoms with Gasteiger partial charge in [0, 0.05) is 13.2 Å². The van der Waals surface area contributed by atoms with Crippen molar-refractivity contribution >= 4 is 0 Å². The van der Waals surface area contributed by atoms with E-state index in [1.54, 1.807) is 0 Å². The molecule has 1 saturated heterocycles. The molecule has 0 aromatic rings. The molecule has 0 bridgehead atoms. The Bertz CT molecular complexity index is 238. The highest BCUT2D eigenvalue weighted by Gasteiger charge is 2.36. The van der Waals surface area contributed by atoms with Gasteiger partial charge in [-0.3, -0.25) is 0 Å². The van der Waals surface area contributed by atoms with E-state index in [2.05, 4.69) is 20.8 Å². The van der Waals surface area contributed by atoms with Crippen molar-refractivity contribution in [2.24, 2.45) is 23.2 Å². The van der Waals surface area contributed by atoms with Gasteiger partial charge in [-0.1, -0.05) is 20.8 Å². The minimum atomic E-state index is -0.0609. The molecule has 2 fully saturated rings. The highest BCUT2D eigenvalue weighted by atomic mass is 16.5. The van der Waals surface area contributed by atoms with Crippen LogP contribution in [0.25, 0.3) is 0 Å². The molecule has 0 spiro atoms. The van der Waals surface area contributed by atoms with Crippen molar-refractivity contribution in [1.82, 2.24) is 0 Å².